The Morgan fingerprint density at radius 2 is 2.27 bits per heavy atom. The van der Waals surface area contributed by atoms with Crippen molar-refractivity contribution in [1.29, 1.82) is 5.26 Å². The van der Waals surface area contributed by atoms with Crippen molar-refractivity contribution < 1.29 is 23.8 Å². The second-order valence-electron chi connectivity index (χ2n) is 5.06. The number of aliphatic carboxylic acids is 1. The summed E-state index contributed by atoms with van der Waals surface area (Å²) in [5.74, 6) is -2.38. The number of carbonyl (C=O) groups is 2. The van der Waals surface area contributed by atoms with Crippen LogP contribution in [0, 0.1) is 11.3 Å². The zero-order chi connectivity index (χ0) is 16.0. The quantitative estimate of drug-likeness (QED) is 0.778. The molecule has 1 saturated heterocycles. The molecule has 0 amide bonds. The number of rotatable bonds is 2. The molecule has 3 rings (SSSR count). The molecular weight excluding hydrogens is 291 g/mol. The molecule has 0 aromatic rings. The molecule has 6 nitrogen and oxygen atoms in total. The summed E-state index contributed by atoms with van der Waals surface area (Å²) in [5.41, 5.74) is 0.118. The minimum absolute atomic E-state index is 0.151. The molecule has 0 radical (unpaired) electrons. The van der Waals surface area contributed by atoms with E-state index in [4.69, 9.17) is 15.1 Å². The van der Waals surface area contributed by atoms with Crippen molar-refractivity contribution in [2.45, 2.75) is 25.5 Å². The van der Waals surface area contributed by atoms with Crippen LogP contribution in [0.1, 0.15) is 13.3 Å². The second kappa shape index (κ2) is 4.84. The normalized spacial score (nSPS) is 26.3. The zero-order valence-corrected chi connectivity index (χ0v) is 11.5. The zero-order valence-electron chi connectivity index (χ0n) is 11.5. The molecule has 0 aromatic heterocycles. The molecule has 0 aromatic carbocycles. The maximum absolute atomic E-state index is 14.1. The number of nitriles is 1. The lowest BCUT2D eigenvalue weighted by Crippen LogP contribution is -2.50. The molecular formula is C15H11FN2O4. The van der Waals surface area contributed by atoms with Gasteiger partial charge in [-0.05, 0) is 19.1 Å². The number of halogens is 1. The van der Waals surface area contributed by atoms with Crippen LogP contribution in [-0.4, -0.2) is 33.9 Å². The van der Waals surface area contributed by atoms with Crippen LogP contribution >= 0.6 is 0 Å². The second-order valence-corrected chi connectivity index (χ2v) is 5.06. The number of fused-ring (bicyclic) bond motifs is 4. The molecule has 2 heterocycles. The fourth-order valence-electron chi connectivity index (χ4n) is 2.81. The Balaban J connectivity index is 2.13. The number of nitrogens with zero attached hydrogens (tertiary/aromatic N) is 2. The molecule has 2 aliphatic heterocycles. The van der Waals surface area contributed by atoms with Crippen LogP contribution < -0.4 is 0 Å². The molecule has 1 fully saturated rings. The average Bonchev–Trinajstić information content (AvgIpc) is 2.45. The molecule has 0 spiro atoms. The van der Waals surface area contributed by atoms with Gasteiger partial charge in [0, 0.05) is 6.08 Å². The lowest BCUT2D eigenvalue weighted by Gasteiger charge is -2.46. The molecule has 112 valence electrons. The molecule has 1 N–H and O–H groups in total. The lowest BCUT2D eigenvalue weighted by atomic mass is 9.92. The van der Waals surface area contributed by atoms with Gasteiger partial charge in [-0.15, -0.1) is 0 Å². The van der Waals surface area contributed by atoms with Gasteiger partial charge in [-0.25, -0.2) is 9.18 Å². The van der Waals surface area contributed by atoms with E-state index >= 15 is 0 Å². The predicted octanol–water partition coefficient (Wildman–Crippen LogP) is 1.55. The molecule has 1 aliphatic carbocycles. The predicted molar refractivity (Wildman–Crippen MR) is 71.4 cm³/mol. The standard InChI is InChI=1S/C15H11FN2O4/c1-7-12-6-9(16)10(4-5-17)18(7)11-3-2-8(15(20)21)13(19)14(11)22-12/h2-3,6-7,14H,4H2,1H3,(H,20,21). The monoisotopic (exact) mass is 302 g/mol. The number of ether oxygens (including phenoxy) is 1. The highest BCUT2D eigenvalue weighted by molar-refractivity contribution is 6.20. The average molecular weight is 302 g/mol. The van der Waals surface area contributed by atoms with E-state index in [2.05, 4.69) is 0 Å². The van der Waals surface area contributed by atoms with Crippen molar-refractivity contribution in [3.05, 3.63) is 46.8 Å². The van der Waals surface area contributed by atoms with Gasteiger partial charge in [-0.1, -0.05) is 0 Å². The minimum Gasteiger partial charge on any atom is -0.478 e. The maximum atomic E-state index is 14.1. The van der Waals surface area contributed by atoms with Crippen molar-refractivity contribution in [3.63, 3.8) is 0 Å². The van der Waals surface area contributed by atoms with Gasteiger partial charge in [0.05, 0.1) is 29.9 Å². The van der Waals surface area contributed by atoms with E-state index in [0.717, 1.165) is 6.08 Å². The highest BCUT2D eigenvalue weighted by atomic mass is 19.1. The van der Waals surface area contributed by atoms with Gasteiger partial charge in [0.15, 0.2) is 0 Å². The Morgan fingerprint density at radius 1 is 1.55 bits per heavy atom. The first-order chi connectivity index (χ1) is 10.5. The molecule has 2 unspecified atom stereocenters. The van der Waals surface area contributed by atoms with Crippen molar-refractivity contribution in [1.82, 2.24) is 4.90 Å². The Hall–Kier alpha value is -2.88. The summed E-state index contributed by atoms with van der Waals surface area (Å²) in [7, 11) is 0. The number of Topliss-reactive ketones (excluding diaryl/α,β-unsaturated/α-hetero) is 1. The first-order valence-electron chi connectivity index (χ1n) is 6.58. The van der Waals surface area contributed by atoms with E-state index in [9.17, 15) is 14.0 Å². The van der Waals surface area contributed by atoms with Crippen LogP contribution in [0.5, 0.6) is 0 Å². The van der Waals surface area contributed by atoms with Crippen molar-refractivity contribution in [2.24, 2.45) is 0 Å². The van der Waals surface area contributed by atoms with Crippen LogP contribution in [0.15, 0.2) is 46.8 Å². The summed E-state index contributed by atoms with van der Waals surface area (Å²) in [6, 6.07) is 1.53. The Bertz CT molecular complexity index is 754. The third-order valence-electron chi connectivity index (χ3n) is 3.84. The van der Waals surface area contributed by atoms with Gasteiger partial charge in [0.25, 0.3) is 0 Å². The van der Waals surface area contributed by atoms with E-state index in [1.165, 1.54) is 17.1 Å². The molecule has 7 heteroatoms. The summed E-state index contributed by atoms with van der Waals surface area (Å²) in [6.45, 7) is 1.76. The summed E-state index contributed by atoms with van der Waals surface area (Å²) in [5, 5.41) is 17.9. The number of hydrogen-bond acceptors (Lipinski definition) is 5. The number of carbonyl (C=O) groups excluding carboxylic acids is 1. The van der Waals surface area contributed by atoms with Crippen LogP contribution in [-0.2, 0) is 14.3 Å². The van der Waals surface area contributed by atoms with E-state index in [1.807, 2.05) is 6.07 Å². The van der Waals surface area contributed by atoms with Crippen molar-refractivity contribution >= 4 is 11.8 Å². The van der Waals surface area contributed by atoms with Crippen molar-refractivity contribution in [3.8, 4) is 6.07 Å². The SMILES string of the molecule is CC1C2=CC(F)=C(CC#N)N1C1=CC=C(C(=O)O)C(=O)C1O2. The fourth-order valence-corrected chi connectivity index (χ4v) is 2.81. The van der Waals surface area contributed by atoms with Crippen LogP contribution in [0.3, 0.4) is 0 Å². The van der Waals surface area contributed by atoms with Crippen LogP contribution in [0.25, 0.3) is 0 Å². The van der Waals surface area contributed by atoms with Gasteiger partial charge in [-0.2, -0.15) is 5.26 Å². The number of morpholine rings is 1. The van der Waals surface area contributed by atoms with Crippen LogP contribution in [0.4, 0.5) is 4.39 Å². The summed E-state index contributed by atoms with van der Waals surface area (Å²) >= 11 is 0. The highest BCUT2D eigenvalue weighted by Crippen LogP contribution is 2.41. The Morgan fingerprint density at radius 3 is 2.91 bits per heavy atom. The molecule has 2 atom stereocenters. The van der Waals surface area contributed by atoms with Gasteiger partial charge in [-0.3, -0.25) is 4.79 Å². The smallest absolute Gasteiger partial charge is 0.339 e. The summed E-state index contributed by atoms with van der Waals surface area (Å²) in [6.07, 6.45) is 2.47. The fraction of sp³-hybridized carbons (Fsp3) is 0.267. The van der Waals surface area contributed by atoms with Crippen LogP contribution in [0.2, 0.25) is 0 Å². The largest absolute Gasteiger partial charge is 0.478 e. The molecule has 22 heavy (non-hydrogen) atoms. The summed E-state index contributed by atoms with van der Waals surface area (Å²) < 4.78 is 19.6. The number of carboxylic acids is 1. The van der Waals surface area contributed by atoms with Gasteiger partial charge >= 0.3 is 5.97 Å². The number of hydrogen-bond donors (Lipinski definition) is 1. The van der Waals surface area contributed by atoms with E-state index in [0.29, 0.717) is 5.70 Å². The number of ketones is 1. The highest BCUT2D eigenvalue weighted by Gasteiger charge is 2.45. The minimum atomic E-state index is -1.34. The van der Waals surface area contributed by atoms with Gasteiger partial charge in [0.2, 0.25) is 11.9 Å². The first-order valence-corrected chi connectivity index (χ1v) is 6.58. The molecule has 2 bridgehead atoms. The van der Waals surface area contributed by atoms with E-state index in [1.54, 1.807) is 6.92 Å². The lowest BCUT2D eigenvalue weighted by molar-refractivity contribution is -0.137. The number of allylic oxidation sites excluding steroid dienone is 5. The number of carboxylic acid groups (broad SMARTS) is 1. The van der Waals surface area contributed by atoms with Crippen molar-refractivity contribution in [2.75, 3.05) is 0 Å². The molecule has 3 aliphatic rings. The van der Waals surface area contributed by atoms with Gasteiger partial charge < -0.3 is 14.7 Å². The molecule has 0 saturated carbocycles. The first kappa shape index (κ1) is 14.1. The third kappa shape index (κ3) is 1.84. The third-order valence-corrected chi connectivity index (χ3v) is 3.84. The van der Waals surface area contributed by atoms with E-state index < -0.39 is 23.7 Å². The topological polar surface area (TPSA) is 90.6 Å². The summed E-state index contributed by atoms with van der Waals surface area (Å²) in [4.78, 5) is 24.8. The maximum Gasteiger partial charge on any atom is 0.339 e. The van der Waals surface area contributed by atoms with E-state index in [-0.39, 0.29) is 29.5 Å². The van der Waals surface area contributed by atoms with Gasteiger partial charge in [0.1, 0.15) is 17.2 Å². The Labute approximate surface area is 125 Å². The Kier molecular flexibility index (Phi) is 3.10.